The van der Waals surface area contributed by atoms with E-state index in [1.807, 2.05) is 13.8 Å². The summed E-state index contributed by atoms with van der Waals surface area (Å²) >= 11 is 0. The van der Waals surface area contributed by atoms with Crippen LogP contribution in [-0.2, 0) is 28.8 Å². The molecule has 204 valence electrons. The smallest absolute Gasteiger partial charge is 0.243 e. The van der Waals surface area contributed by atoms with Crippen molar-refractivity contribution in [1.29, 1.82) is 0 Å². The Balaban J connectivity index is 2.89. The summed E-state index contributed by atoms with van der Waals surface area (Å²) in [6.45, 7) is 8.94. The number of likely N-dealkylation sites (tertiary alicyclic amines) is 1. The lowest BCUT2D eigenvalue weighted by Gasteiger charge is -2.29. The van der Waals surface area contributed by atoms with Crippen LogP contribution in [0, 0.1) is 11.8 Å². The standard InChI is InChI=1S/C23H41N7O6/c1-11(2)9-15(21(34)27-13(5)20(33)29-18(12(3)4)19(26)32)28-22(35)16-7-6-8-30(16)23(36)14(24)10-17(25)31/h11-16,18H,6-10,24H2,1-5H3,(H2,25,31)(H2,26,32)(H,27,34)(H,28,35)(H,29,33)/t13-,14-,15-,16-,18-/m0/s1. The molecular formula is C23H41N7O6. The Morgan fingerprint density at radius 1 is 0.917 bits per heavy atom. The number of carbonyl (C=O) groups excluding carboxylic acids is 6. The fraction of sp³-hybridized carbons (Fsp3) is 0.739. The molecule has 0 saturated carbocycles. The SMILES string of the molecule is CC(C)C[C@H](NC(=O)[C@@H]1CCCN1C(=O)[C@@H](N)CC(N)=O)C(=O)N[C@@H](C)C(=O)N[C@H](C(N)=O)C(C)C. The van der Waals surface area contributed by atoms with Crippen molar-refractivity contribution in [3.63, 3.8) is 0 Å². The minimum absolute atomic E-state index is 0.0238. The minimum Gasteiger partial charge on any atom is -0.370 e. The summed E-state index contributed by atoms with van der Waals surface area (Å²) in [4.78, 5) is 75.2. The molecule has 0 aromatic rings. The first kappa shape index (κ1) is 30.8. The third-order valence-corrected chi connectivity index (χ3v) is 5.94. The van der Waals surface area contributed by atoms with Crippen molar-refractivity contribution in [2.45, 2.75) is 90.5 Å². The van der Waals surface area contributed by atoms with E-state index in [1.165, 1.54) is 11.8 Å². The topological polar surface area (TPSA) is 220 Å². The molecule has 0 aliphatic carbocycles. The molecule has 6 amide bonds. The molecule has 0 unspecified atom stereocenters. The van der Waals surface area contributed by atoms with Crippen LogP contribution in [0.3, 0.4) is 0 Å². The molecule has 13 heteroatoms. The first-order valence-corrected chi connectivity index (χ1v) is 12.2. The highest BCUT2D eigenvalue weighted by Crippen LogP contribution is 2.19. The summed E-state index contributed by atoms with van der Waals surface area (Å²) in [7, 11) is 0. The van der Waals surface area contributed by atoms with Gasteiger partial charge in [0, 0.05) is 6.54 Å². The highest BCUT2D eigenvalue weighted by atomic mass is 16.2. The van der Waals surface area contributed by atoms with E-state index in [-0.39, 0.29) is 24.7 Å². The second-order valence-corrected chi connectivity index (χ2v) is 10.0. The molecule has 0 spiro atoms. The molecule has 9 N–H and O–H groups in total. The number of nitrogens with zero attached hydrogens (tertiary/aromatic N) is 1. The molecule has 1 fully saturated rings. The van der Waals surface area contributed by atoms with Crippen molar-refractivity contribution in [3.8, 4) is 0 Å². The van der Waals surface area contributed by atoms with Gasteiger partial charge in [-0.25, -0.2) is 0 Å². The lowest BCUT2D eigenvalue weighted by molar-refractivity contribution is -0.141. The monoisotopic (exact) mass is 511 g/mol. The maximum atomic E-state index is 13.1. The summed E-state index contributed by atoms with van der Waals surface area (Å²) in [6, 6.07) is -4.86. The van der Waals surface area contributed by atoms with Gasteiger partial charge in [-0.15, -0.1) is 0 Å². The quantitative estimate of drug-likeness (QED) is 0.161. The summed E-state index contributed by atoms with van der Waals surface area (Å²) in [5.74, 6) is -3.89. The number of carbonyl (C=O) groups is 6. The number of rotatable bonds is 13. The van der Waals surface area contributed by atoms with Gasteiger partial charge >= 0.3 is 0 Å². The molecule has 0 aromatic carbocycles. The predicted molar refractivity (Wildman–Crippen MR) is 131 cm³/mol. The van der Waals surface area contributed by atoms with E-state index >= 15 is 0 Å². The fourth-order valence-electron chi connectivity index (χ4n) is 4.02. The second-order valence-electron chi connectivity index (χ2n) is 10.0. The number of nitrogens with one attached hydrogen (secondary N) is 3. The van der Waals surface area contributed by atoms with E-state index in [1.54, 1.807) is 13.8 Å². The summed E-state index contributed by atoms with van der Waals surface area (Å²) in [5.41, 5.74) is 16.2. The van der Waals surface area contributed by atoms with Gasteiger partial charge in [0.2, 0.25) is 35.4 Å². The second kappa shape index (κ2) is 13.8. The van der Waals surface area contributed by atoms with Gasteiger partial charge in [-0.05, 0) is 38.0 Å². The van der Waals surface area contributed by atoms with Gasteiger partial charge < -0.3 is 38.1 Å². The van der Waals surface area contributed by atoms with Gasteiger partial charge in [0.05, 0.1) is 12.5 Å². The molecule has 36 heavy (non-hydrogen) atoms. The number of amides is 6. The maximum absolute atomic E-state index is 13.1. The molecule has 5 atom stereocenters. The van der Waals surface area contributed by atoms with Crippen molar-refractivity contribution in [2.24, 2.45) is 29.0 Å². The van der Waals surface area contributed by atoms with Crippen LogP contribution in [0.15, 0.2) is 0 Å². The van der Waals surface area contributed by atoms with Crippen molar-refractivity contribution < 1.29 is 28.8 Å². The Hall–Kier alpha value is -3.22. The summed E-state index contributed by atoms with van der Waals surface area (Å²) < 4.78 is 0. The molecule has 1 rings (SSSR count). The first-order chi connectivity index (χ1) is 16.6. The zero-order chi connectivity index (χ0) is 27.7. The average molecular weight is 512 g/mol. The molecule has 1 aliphatic heterocycles. The highest BCUT2D eigenvalue weighted by Gasteiger charge is 2.38. The van der Waals surface area contributed by atoms with Gasteiger partial charge in [-0.2, -0.15) is 0 Å². The maximum Gasteiger partial charge on any atom is 0.243 e. The first-order valence-electron chi connectivity index (χ1n) is 12.2. The molecule has 1 heterocycles. The van der Waals surface area contributed by atoms with Crippen LogP contribution in [0.2, 0.25) is 0 Å². The molecule has 1 aliphatic rings. The van der Waals surface area contributed by atoms with Crippen LogP contribution < -0.4 is 33.2 Å². The summed E-state index contributed by atoms with van der Waals surface area (Å²) in [5, 5.41) is 7.79. The van der Waals surface area contributed by atoms with Crippen molar-refractivity contribution >= 4 is 35.4 Å². The number of hydrogen-bond donors (Lipinski definition) is 6. The van der Waals surface area contributed by atoms with E-state index in [0.29, 0.717) is 19.4 Å². The van der Waals surface area contributed by atoms with Gasteiger partial charge in [0.1, 0.15) is 24.2 Å². The fourth-order valence-corrected chi connectivity index (χ4v) is 4.02. The largest absolute Gasteiger partial charge is 0.370 e. The van der Waals surface area contributed by atoms with E-state index in [9.17, 15) is 28.8 Å². The molecule has 1 saturated heterocycles. The van der Waals surface area contributed by atoms with Crippen molar-refractivity contribution in [1.82, 2.24) is 20.9 Å². The lowest BCUT2D eigenvalue weighted by Crippen LogP contribution is -2.58. The Morgan fingerprint density at radius 3 is 2.03 bits per heavy atom. The average Bonchev–Trinajstić information content (AvgIpc) is 3.24. The van der Waals surface area contributed by atoms with E-state index < -0.39 is 65.7 Å². The van der Waals surface area contributed by atoms with Gasteiger partial charge in [0.25, 0.3) is 0 Å². The molecular weight excluding hydrogens is 470 g/mol. The molecule has 0 radical (unpaired) electrons. The van der Waals surface area contributed by atoms with Gasteiger partial charge in [-0.3, -0.25) is 28.8 Å². The third kappa shape index (κ3) is 9.10. The van der Waals surface area contributed by atoms with Crippen LogP contribution in [0.4, 0.5) is 0 Å². The van der Waals surface area contributed by atoms with Gasteiger partial charge in [-0.1, -0.05) is 27.7 Å². The highest BCUT2D eigenvalue weighted by molar-refractivity contribution is 5.96. The van der Waals surface area contributed by atoms with E-state index in [2.05, 4.69) is 16.0 Å². The number of nitrogens with two attached hydrogens (primary N) is 3. The van der Waals surface area contributed by atoms with Crippen LogP contribution in [0.1, 0.15) is 60.3 Å². The summed E-state index contributed by atoms with van der Waals surface area (Å²) in [6.07, 6.45) is 0.876. The number of hydrogen-bond acceptors (Lipinski definition) is 7. The lowest BCUT2D eigenvalue weighted by atomic mass is 10.0. The van der Waals surface area contributed by atoms with Crippen molar-refractivity contribution in [2.75, 3.05) is 6.54 Å². The Bertz CT molecular complexity index is 847. The van der Waals surface area contributed by atoms with E-state index in [4.69, 9.17) is 17.2 Å². The van der Waals surface area contributed by atoms with Crippen LogP contribution >= 0.6 is 0 Å². The zero-order valence-corrected chi connectivity index (χ0v) is 21.7. The minimum atomic E-state index is -1.15. The Labute approximate surface area is 211 Å². The number of primary amides is 2. The molecule has 0 bridgehead atoms. The Morgan fingerprint density at radius 2 is 1.53 bits per heavy atom. The molecule has 0 aromatic heterocycles. The van der Waals surface area contributed by atoms with Crippen LogP contribution in [0.25, 0.3) is 0 Å². The molecule has 13 nitrogen and oxygen atoms in total. The zero-order valence-electron chi connectivity index (χ0n) is 21.7. The van der Waals surface area contributed by atoms with Gasteiger partial charge in [0.15, 0.2) is 0 Å². The normalized spacial score (nSPS) is 18.8. The van der Waals surface area contributed by atoms with Crippen LogP contribution in [-0.4, -0.2) is 77.1 Å². The van der Waals surface area contributed by atoms with E-state index in [0.717, 1.165) is 0 Å². The van der Waals surface area contributed by atoms with Crippen molar-refractivity contribution in [3.05, 3.63) is 0 Å². The van der Waals surface area contributed by atoms with Crippen LogP contribution in [0.5, 0.6) is 0 Å². The third-order valence-electron chi connectivity index (χ3n) is 5.94. The Kier molecular flexibility index (Phi) is 11.8. The predicted octanol–water partition coefficient (Wildman–Crippen LogP) is -2.16.